The van der Waals surface area contributed by atoms with E-state index in [4.69, 9.17) is 0 Å². The van der Waals surface area contributed by atoms with Gasteiger partial charge in [-0.3, -0.25) is 4.57 Å². The van der Waals surface area contributed by atoms with Crippen LogP contribution in [0.3, 0.4) is 0 Å². The summed E-state index contributed by atoms with van der Waals surface area (Å²) in [6.07, 6.45) is 4.19. The summed E-state index contributed by atoms with van der Waals surface area (Å²) in [4.78, 5) is 16.7. The van der Waals surface area contributed by atoms with Gasteiger partial charge >= 0.3 is 5.69 Å². The van der Waals surface area contributed by atoms with Crippen LogP contribution in [0.15, 0.2) is 34.1 Å². The highest BCUT2D eigenvalue weighted by Crippen LogP contribution is 2.31. The molecule has 0 aliphatic heterocycles. The van der Waals surface area contributed by atoms with Gasteiger partial charge < -0.3 is 0 Å². The van der Waals surface area contributed by atoms with Crippen molar-refractivity contribution in [3.05, 3.63) is 57.1 Å². The lowest BCUT2D eigenvalue weighted by molar-refractivity contribution is 0.597. The van der Waals surface area contributed by atoms with Gasteiger partial charge in [-0.05, 0) is 38.2 Å². The molecule has 1 aliphatic carbocycles. The van der Waals surface area contributed by atoms with E-state index in [1.807, 2.05) is 4.57 Å². The van der Waals surface area contributed by atoms with E-state index in [1.165, 1.54) is 22.4 Å². The first-order valence-corrected chi connectivity index (χ1v) is 8.98. The Morgan fingerprint density at radius 3 is 2.73 bits per heavy atom. The van der Waals surface area contributed by atoms with Gasteiger partial charge in [-0.25, -0.2) is 4.79 Å². The van der Waals surface area contributed by atoms with E-state index in [0.717, 1.165) is 43.0 Å². The second-order valence-corrected chi connectivity index (χ2v) is 6.87. The van der Waals surface area contributed by atoms with Crippen LogP contribution in [0.25, 0.3) is 0 Å². The Kier molecular flexibility index (Phi) is 4.67. The van der Waals surface area contributed by atoms with Gasteiger partial charge in [0.2, 0.25) is 0 Å². The maximum absolute atomic E-state index is 12.3. The smallest absolute Gasteiger partial charge is 0.296 e. The van der Waals surface area contributed by atoms with Gasteiger partial charge in [0, 0.05) is 23.6 Å². The summed E-state index contributed by atoms with van der Waals surface area (Å²) < 4.78 is 1.89. The van der Waals surface area contributed by atoms with Gasteiger partial charge in [0.1, 0.15) is 5.03 Å². The molecule has 3 nitrogen and oxygen atoms in total. The molecule has 0 amide bonds. The molecule has 0 saturated carbocycles. The van der Waals surface area contributed by atoms with Gasteiger partial charge in [-0.1, -0.05) is 36.8 Å². The summed E-state index contributed by atoms with van der Waals surface area (Å²) in [5.74, 6) is 0.872. The number of rotatable bonds is 5. The van der Waals surface area contributed by atoms with Crippen molar-refractivity contribution in [3.63, 3.8) is 0 Å². The molecule has 0 N–H and O–H groups in total. The number of fused-ring (bicyclic) bond motifs is 1. The monoisotopic (exact) mass is 314 g/mol. The first-order chi connectivity index (χ1) is 10.7. The fourth-order valence-corrected chi connectivity index (χ4v) is 4.03. The summed E-state index contributed by atoms with van der Waals surface area (Å²) in [6, 6.07) is 8.57. The molecule has 2 aromatic rings. The van der Waals surface area contributed by atoms with Crippen molar-refractivity contribution >= 4 is 11.8 Å². The van der Waals surface area contributed by atoms with Crippen molar-refractivity contribution in [1.29, 1.82) is 0 Å². The first-order valence-electron chi connectivity index (χ1n) is 8.00. The summed E-state index contributed by atoms with van der Waals surface area (Å²) >= 11 is 1.70. The predicted molar refractivity (Wildman–Crippen MR) is 91.6 cm³/mol. The molecule has 0 radical (unpaired) electrons. The zero-order valence-electron chi connectivity index (χ0n) is 13.3. The summed E-state index contributed by atoms with van der Waals surface area (Å²) in [5, 5.41) is 0.949. The summed E-state index contributed by atoms with van der Waals surface area (Å²) in [5.41, 5.74) is 5.02. The Morgan fingerprint density at radius 2 is 2.00 bits per heavy atom. The largest absolute Gasteiger partial charge is 0.348 e. The Hall–Kier alpha value is -1.55. The van der Waals surface area contributed by atoms with Crippen LogP contribution < -0.4 is 5.69 Å². The number of hydrogen-bond acceptors (Lipinski definition) is 3. The lowest BCUT2D eigenvalue weighted by Gasteiger charge is -2.13. The van der Waals surface area contributed by atoms with Crippen molar-refractivity contribution < 1.29 is 0 Å². The molecular formula is C18H22N2OS. The molecule has 0 fully saturated rings. The van der Waals surface area contributed by atoms with Crippen molar-refractivity contribution in [2.45, 2.75) is 56.9 Å². The number of aryl methyl sites for hydroxylation is 1. The summed E-state index contributed by atoms with van der Waals surface area (Å²) in [7, 11) is 0. The van der Waals surface area contributed by atoms with Gasteiger partial charge in [0.25, 0.3) is 0 Å². The van der Waals surface area contributed by atoms with E-state index in [-0.39, 0.29) is 5.69 Å². The van der Waals surface area contributed by atoms with Crippen molar-refractivity contribution in [1.82, 2.24) is 9.55 Å². The third kappa shape index (κ3) is 3.12. The van der Waals surface area contributed by atoms with Crippen LogP contribution in [-0.4, -0.2) is 9.55 Å². The van der Waals surface area contributed by atoms with Crippen LogP contribution in [0.5, 0.6) is 0 Å². The van der Waals surface area contributed by atoms with Gasteiger partial charge in [-0.2, -0.15) is 4.98 Å². The standard InChI is InChI=1S/C18H22N2OS/c1-3-11-20-16-6-4-5-15(16)17(19-18(20)21)22-12-14-9-7-13(2)8-10-14/h7-10H,3-6,11-12H2,1-2H3. The van der Waals surface area contributed by atoms with Crippen LogP contribution in [0.1, 0.15) is 42.1 Å². The van der Waals surface area contributed by atoms with Crippen molar-refractivity contribution in [2.75, 3.05) is 0 Å². The molecule has 0 atom stereocenters. The van der Waals surface area contributed by atoms with E-state index in [0.29, 0.717) is 0 Å². The normalized spacial score (nSPS) is 13.4. The number of nitrogens with zero attached hydrogens (tertiary/aromatic N) is 2. The lowest BCUT2D eigenvalue weighted by Crippen LogP contribution is -2.27. The number of aromatic nitrogens is 2. The fraction of sp³-hybridized carbons (Fsp3) is 0.444. The average Bonchev–Trinajstić information content (AvgIpc) is 2.99. The lowest BCUT2D eigenvalue weighted by atomic mass is 10.2. The van der Waals surface area contributed by atoms with E-state index in [1.54, 1.807) is 11.8 Å². The third-order valence-electron chi connectivity index (χ3n) is 4.14. The average molecular weight is 314 g/mol. The molecular weight excluding hydrogens is 292 g/mol. The second-order valence-electron chi connectivity index (χ2n) is 5.90. The first kappa shape index (κ1) is 15.3. The second kappa shape index (κ2) is 6.69. The van der Waals surface area contributed by atoms with Crippen LogP contribution in [0.4, 0.5) is 0 Å². The maximum Gasteiger partial charge on any atom is 0.348 e. The van der Waals surface area contributed by atoms with Crippen molar-refractivity contribution in [2.24, 2.45) is 0 Å². The molecule has 0 unspecified atom stereocenters. The molecule has 1 aromatic heterocycles. The van der Waals surface area contributed by atoms with Gasteiger partial charge in [0.15, 0.2) is 0 Å². The quantitative estimate of drug-likeness (QED) is 0.623. The minimum atomic E-state index is -0.0751. The SMILES string of the molecule is CCCn1c2c(c(SCc3ccc(C)cc3)nc1=O)CCC2. The Balaban J connectivity index is 1.85. The van der Waals surface area contributed by atoms with Gasteiger partial charge in [-0.15, -0.1) is 11.8 Å². The topological polar surface area (TPSA) is 34.9 Å². The minimum Gasteiger partial charge on any atom is -0.296 e. The molecule has 3 rings (SSSR count). The zero-order chi connectivity index (χ0) is 15.5. The highest BCUT2D eigenvalue weighted by molar-refractivity contribution is 7.98. The predicted octanol–water partition coefficient (Wildman–Crippen LogP) is 3.74. The fourth-order valence-electron chi connectivity index (χ4n) is 3.00. The Labute approximate surface area is 135 Å². The van der Waals surface area contributed by atoms with Crippen LogP contribution in [0, 0.1) is 6.92 Å². The van der Waals surface area contributed by atoms with E-state index in [9.17, 15) is 4.79 Å². The molecule has 0 bridgehead atoms. The minimum absolute atomic E-state index is 0.0751. The molecule has 1 aliphatic rings. The van der Waals surface area contributed by atoms with E-state index in [2.05, 4.69) is 43.1 Å². The highest BCUT2D eigenvalue weighted by Gasteiger charge is 2.21. The van der Waals surface area contributed by atoms with Gasteiger partial charge in [0.05, 0.1) is 0 Å². The van der Waals surface area contributed by atoms with Crippen molar-refractivity contribution in [3.8, 4) is 0 Å². The number of thioether (sulfide) groups is 1. The number of benzene rings is 1. The molecule has 116 valence electrons. The summed E-state index contributed by atoms with van der Waals surface area (Å²) in [6.45, 7) is 4.99. The molecule has 4 heteroatoms. The highest BCUT2D eigenvalue weighted by atomic mass is 32.2. The number of hydrogen-bond donors (Lipinski definition) is 0. The Bertz CT molecular complexity index is 719. The molecule has 1 aromatic carbocycles. The molecule has 1 heterocycles. The Morgan fingerprint density at radius 1 is 1.23 bits per heavy atom. The van der Waals surface area contributed by atoms with E-state index >= 15 is 0 Å². The maximum atomic E-state index is 12.3. The zero-order valence-corrected chi connectivity index (χ0v) is 14.1. The van der Waals surface area contributed by atoms with Crippen LogP contribution >= 0.6 is 11.8 Å². The molecule has 22 heavy (non-hydrogen) atoms. The van der Waals surface area contributed by atoms with E-state index < -0.39 is 0 Å². The molecule has 0 saturated heterocycles. The molecule has 0 spiro atoms. The van der Waals surface area contributed by atoms with Crippen LogP contribution in [-0.2, 0) is 25.1 Å². The third-order valence-corrected chi connectivity index (χ3v) is 5.23. The van der Waals surface area contributed by atoms with Crippen LogP contribution in [0.2, 0.25) is 0 Å².